The van der Waals surface area contributed by atoms with Crippen LogP contribution in [0.2, 0.25) is 0 Å². The predicted molar refractivity (Wildman–Crippen MR) is 521 cm³/mol. The summed E-state index contributed by atoms with van der Waals surface area (Å²) in [5.41, 5.74) is 5.09. The molecule has 790 valence electrons. The first kappa shape index (κ1) is 119. The molecule has 2 aliphatic rings. The van der Waals surface area contributed by atoms with Gasteiger partial charge in [-0.15, -0.1) is 5.10 Å². The molecule has 0 saturated carbocycles. The molecule has 49 nitrogen and oxygen atoms in total. The summed E-state index contributed by atoms with van der Waals surface area (Å²) in [6.45, 7) is 0.701. The smallest absolute Gasteiger partial charge is 0.403 e. The van der Waals surface area contributed by atoms with Crippen molar-refractivity contribution in [2.24, 2.45) is 0 Å². The summed E-state index contributed by atoms with van der Waals surface area (Å²) in [5, 5.41) is 79.2. The van der Waals surface area contributed by atoms with Gasteiger partial charge in [0, 0.05) is 142 Å². The summed E-state index contributed by atoms with van der Waals surface area (Å²) < 4.78 is 56.9. The number of para-hydroxylation sites is 1. The summed E-state index contributed by atoms with van der Waals surface area (Å²) in [4.78, 5) is 232. The van der Waals surface area contributed by atoms with E-state index in [0.717, 1.165) is 20.3 Å². The summed E-state index contributed by atoms with van der Waals surface area (Å²) in [6, 6.07) is 14.9. The lowest BCUT2D eigenvalue weighted by molar-refractivity contribution is -0.145. The number of carbonyl (C=O) groups excluding carboxylic acids is 12. The summed E-state index contributed by atoms with van der Waals surface area (Å²) >= 11 is 2.21. The SMILES string of the molecule is COC(=O)CN1C=CN(CC(=O)NCCCn2nnc3c2-c2ccccc2CN(C(=O)CCC(=O)NCCOCCOCCOCCOCCC(=O)NC(CCC(=O)NCCCCCC(=O)N[C@@H](CCC(=O)N[C@@H](CCCOP(=O)(O)NC(CC(=O)O)C(=O)O)C(=O)O)C(=O)O)C(=O)NC(CCCCNC(=O)CCCc2ccc(I)cc2)C(=O)O)c2ccccc2-3)C=CN(CC(=O)OC)C=CN(CC(=O)OC)C=C1. The van der Waals surface area contributed by atoms with Crippen LogP contribution in [0.15, 0.2) is 122 Å². The number of hydrogen-bond donors (Lipinski definition) is 15. The first-order valence-corrected chi connectivity index (χ1v) is 49.3. The fourth-order valence-electron chi connectivity index (χ4n) is 14.0. The Labute approximate surface area is 844 Å². The van der Waals surface area contributed by atoms with E-state index in [1.54, 1.807) is 33.1 Å². The number of unbranched alkanes of at least 4 members (excludes halogenated alkanes) is 3. The zero-order chi connectivity index (χ0) is 105. The second-order valence-electron chi connectivity index (χ2n) is 32.6. The first-order chi connectivity index (χ1) is 69.0. The van der Waals surface area contributed by atoms with Crippen LogP contribution in [0, 0.1) is 3.57 Å². The van der Waals surface area contributed by atoms with E-state index in [0.29, 0.717) is 74.1 Å². The Morgan fingerprint density at radius 3 is 1.44 bits per heavy atom. The number of esters is 3. The van der Waals surface area contributed by atoms with Crippen molar-refractivity contribution in [3.8, 4) is 22.5 Å². The van der Waals surface area contributed by atoms with Gasteiger partial charge in [-0.3, -0.25) is 71.6 Å². The number of rotatable bonds is 69. The number of hydrogen-bond acceptors (Lipinski definition) is 32. The summed E-state index contributed by atoms with van der Waals surface area (Å²) in [6.07, 6.45) is 11.8. The van der Waals surface area contributed by atoms with Gasteiger partial charge in [-0.25, -0.2) is 28.7 Å². The van der Waals surface area contributed by atoms with E-state index in [1.165, 1.54) is 78.1 Å². The van der Waals surface area contributed by atoms with Crippen LogP contribution in [0.1, 0.15) is 140 Å². The minimum Gasteiger partial charge on any atom is -0.481 e. The molecule has 1 aromatic heterocycles. The third-order valence-corrected chi connectivity index (χ3v) is 23.5. The molecule has 9 amide bonds. The lowest BCUT2D eigenvalue weighted by Gasteiger charge is -2.28. The molecule has 51 heteroatoms. The van der Waals surface area contributed by atoms with E-state index in [2.05, 4.69) is 75.4 Å². The molecule has 144 heavy (non-hydrogen) atoms. The molecule has 0 bridgehead atoms. The van der Waals surface area contributed by atoms with Gasteiger partial charge < -0.3 is 131 Å². The second-order valence-corrected chi connectivity index (χ2v) is 35.4. The highest BCUT2D eigenvalue weighted by molar-refractivity contribution is 14.1. The van der Waals surface area contributed by atoms with E-state index in [4.69, 9.17) is 47.9 Å². The number of nitrogens with one attached hydrogen (secondary N) is 9. The number of aryl methyl sites for hydroxylation is 2. The first-order valence-electron chi connectivity index (χ1n) is 46.6. The molecular weight excluding hydrogens is 2020 g/mol. The molecule has 3 heterocycles. The Balaban J connectivity index is 0.878. The Hall–Kier alpha value is -13.4. The number of ether oxygens (including phenoxy) is 7. The lowest BCUT2D eigenvalue weighted by Crippen LogP contribution is -2.52. The average molecular weight is 2160 g/mol. The largest absolute Gasteiger partial charge is 0.481 e. The minimum absolute atomic E-state index is 0.0315. The number of carboxylic acid groups (broad SMARTS) is 5. The maximum Gasteiger partial charge on any atom is 0.403 e. The highest BCUT2D eigenvalue weighted by Gasteiger charge is 2.35. The number of aliphatic carboxylic acids is 5. The second kappa shape index (κ2) is 66.5. The Bertz CT molecular complexity index is 5040. The van der Waals surface area contributed by atoms with E-state index in [1.807, 2.05) is 66.7 Å². The molecule has 0 spiro atoms. The zero-order valence-corrected chi connectivity index (χ0v) is 83.5. The molecule has 4 unspecified atom stereocenters. The van der Waals surface area contributed by atoms with Crippen LogP contribution in [-0.2, 0) is 143 Å². The molecule has 0 fully saturated rings. The van der Waals surface area contributed by atoms with E-state index in [-0.39, 0.29) is 206 Å². The molecule has 15 N–H and O–H groups in total. The highest BCUT2D eigenvalue weighted by atomic mass is 127. The molecule has 6 rings (SSSR count). The Kier molecular flexibility index (Phi) is 55.1. The number of methoxy groups -OCH3 is 3. The van der Waals surface area contributed by atoms with Crippen molar-refractivity contribution in [2.45, 2.75) is 178 Å². The van der Waals surface area contributed by atoms with Gasteiger partial charge in [0.25, 0.3) is 0 Å². The van der Waals surface area contributed by atoms with Gasteiger partial charge in [0.2, 0.25) is 53.2 Å². The minimum atomic E-state index is -4.88. The van der Waals surface area contributed by atoms with Crippen LogP contribution in [0.25, 0.3) is 22.5 Å². The predicted octanol–water partition coefficient (Wildman–Crippen LogP) is 2.70. The van der Waals surface area contributed by atoms with Gasteiger partial charge in [0.1, 0.15) is 62.1 Å². The van der Waals surface area contributed by atoms with Crippen LogP contribution in [0.4, 0.5) is 5.69 Å². The van der Waals surface area contributed by atoms with Gasteiger partial charge in [0.05, 0.1) is 105 Å². The molecular formula is C93H129IN17O32P. The van der Waals surface area contributed by atoms with Gasteiger partial charge in [-0.1, -0.05) is 66.2 Å². The number of halogens is 1. The van der Waals surface area contributed by atoms with Crippen molar-refractivity contribution in [1.29, 1.82) is 0 Å². The number of aromatic nitrogens is 3. The quantitative estimate of drug-likeness (QED) is 0.00993. The number of fused-ring (bicyclic) bond motifs is 5. The number of benzene rings is 3. The topological polar surface area (TPSA) is 658 Å². The molecule has 0 aliphatic carbocycles. The van der Waals surface area contributed by atoms with Crippen molar-refractivity contribution < 1.29 is 154 Å². The normalized spacial score (nSPS) is 13.7. The maximum absolute atomic E-state index is 14.3. The maximum atomic E-state index is 14.3. The van der Waals surface area contributed by atoms with Crippen LogP contribution in [0.5, 0.6) is 0 Å². The van der Waals surface area contributed by atoms with Crippen LogP contribution in [-0.4, -0.2) is 329 Å². The van der Waals surface area contributed by atoms with Crippen LogP contribution < -0.4 is 52.5 Å². The van der Waals surface area contributed by atoms with Crippen molar-refractivity contribution >= 4 is 137 Å². The number of carboxylic acids is 5. The van der Waals surface area contributed by atoms with Crippen molar-refractivity contribution in [2.75, 3.05) is 138 Å². The molecule has 3 aromatic carbocycles. The summed E-state index contributed by atoms with van der Waals surface area (Å²) in [7, 11) is -1.15. The summed E-state index contributed by atoms with van der Waals surface area (Å²) in [5.74, 6) is -14.3. The molecule has 2 aliphatic heterocycles. The fraction of sp³-hybridized carbons (Fsp3) is 0.516. The standard InChI is InChI=1S/C93H129IN17O32P/c1-136-84(122)61-107-43-41-106(42-44-108(62-85(123)137-2)46-48-109(47-45-107)63-86(124)138-3)60-81(118)97-38-15-40-111-88-67-18-7-6-17-65(67)59-110(74-22-9-8-19-68(74)87(88)103-105-111)82(119)34-33-77(114)98-39-51-140-53-55-142-57-56-141-54-52-139-50-35-80(117)99-69(89(125)102-71(91(128)129)20-10-12-37-95-75(112)24-13-16-64-25-27-66(94)28-26-64)29-31-76(113)96-36-11-4-5-23-78(115)101-72(92(130)131)30-32-79(116)100-70(90(126)127)21-14-49-143-144(134,135)104-73(93(132)133)58-83(120)121/h6-9,17-19,22,25-28,41-48,69-73H,4-5,10-16,20-21,23-24,29-40,49-63H2,1-3H3,(H,95,112)(H,96,113)(H,97,118)(H,98,114)(H,99,117)(H,100,116)(H,101,115)(H,102,125)(H,120,121)(H,126,127)(H,128,129)(H,130,131)(H,132,133)(H2,104,134,135)/t69?,70-,71?,72-,73?/m0/s1. The number of amides is 9. The number of anilines is 1. The van der Waals surface area contributed by atoms with E-state index < -0.39 is 141 Å². The third kappa shape index (κ3) is 47.7. The lowest BCUT2D eigenvalue weighted by atomic mass is 9.95. The highest BCUT2D eigenvalue weighted by Crippen LogP contribution is 2.42. The third-order valence-electron chi connectivity index (χ3n) is 21.6. The molecule has 4 aromatic rings. The van der Waals surface area contributed by atoms with Crippen LogP contribution >= 0.6 is 30.3 Å². The Morgan fingerprint density at radius 1 is 0.417 bits per heavy atom. The van der Waals surface area contributed by atoms with Crippen LogP contribution in [0.3, 0.4) is 0 Å². The van der Waals surface area contributed by atoms with Crippen molar-refractivity contribution in [3.05, 3.63) is 137 Å². The average Bonchev–Trinajstić information content (AvgIpc) is 1.57. The van der Waals surface area contributed by atoms with E-state index >= 15 is 0 Å². The van der Waals surface area contributed by atoms with Gasteiger partial charge >= 0.3 is 55.5 Å². The number of carbonyl (C=O) groups is 17. The van der Waals surface area contributed by atoms with E-state index in [9.17, 15) is 106 Å². The monoisotopic (exact) mass is 2150 g/mol. The van der Waals surface area contributed by atoms with Crippen molar-refractivity contribution in [3.63, 3.8) is 0 Å². The molecule has 0 radical (unpaired) electrons. The van der Waals surface area contributed by atoms with Gasteiger partial charge in [-0.2, -0.15) is 0 Å². The molecule has 0 saturated heterocycles. The Morgan fingerprint density at radius 2 is 0.868 bits per heavy atom. The zero-order valence-electron chi connectivity index (χ0n) is 80.4. The van der Waals surface area contributed by atoms with Gasteiger partial charge in [0.15, 0.2) is 0 Å². The van der Waals surface area contributed by atoms with Gasteiger partial charge in [-0.05, 0) is 129 Å². The fourth-order valence-corrected chi connectivity index (χ4v) is 15.4. The van der Waals surface area contributed by atoms with Crippen molar-refractivity contribution in [1.82, 2.24) is 82.2 Å². The molecule has 6 atom stereocenters. The number of nitrogens with zero attached hydrogens (tertiary/aromatic N) is 8.